The van der Waals surface area contributed by atoms with E-state index in [0.29, 0.717) is 0 Å². The third-order valence-electron chi connectivity index (χ3n) is 4.35. The Balaban J connectivity index is 1.78. The molecule has 7 heteroatoms. The van der Waals surface area contributed by atoms with E-state index in [1.807, 2.05) is 31.2 Å². The topological polar surface area (TPSA) is 97.6 Å². The zero-order valence-electron chi connectivity index (χ0n) is 13.0. The van der Waals surface area contributed by atoms with Crippen LogP contribution in [0.15, 0.2) is 24.3 Å². The molecule has 0 spiro atoms. The van der Waals surface area contributed by atoms with E-state index in [4.69, 9.17) is 18.9 Å². The van der Waals surface area contributed by atoms with Crippen LogP contribution in [0.1, 0.15) is 18.6 Å². The minimum absolute atomic E-state index is 0.313. The Bertz CT molecular complexity index is 520. The molecular formula is C16H22O7. The standard InChI is InChI=1S/C16H22O7/c1-8-14(9-3-5-10(20-2)6-4-9)23-15-13(19)12(18)11(7-17)22-16(15)21-8/h3-6,8,11-19H,7H2,1-2H3/t8-,11+,12-,13-,14+,15+,16+/m0/s1. The third-order valence-corrected chi connectivity index (χ3v) is 4.35. The van der Waals surface area contributed by atoms with E-state index in [9.17, 15) is 15.3 Å². The summed E-state index contributed by atoms with van der Waals surface area (Å²) in [5.74, 6) is 0.734. The molecule has 128 valence electrons. The summed E-state index contributed by atoms with van der Waals surface area (Å²) in [6.07, 6.45) is -5.68. The molecule has 23 heavy (non-hydrogen) atoms. The van der Waals surface area contributed by atoms with Gasteiger partial charge in [-0.25, -0.2) is 0 Å². The van der Waals surface area contributed by atoms with Crippen molar-refractivity contribution in [3.63, 3.8) is 0 Å². The fourth-order valence-corrected chi connectivity index (χ4v) is 3.02. The quantitative estimate of drug-likeness (QED) is 0.718. The second-order valence-corrected chi connectivity index (χ2v) is 5.84. The predicted octanol–water partition coefficient (Wildman–Crippen LogP) is -0.0208. The summed E-state index contributed by atoms with van der Waals surface area (Å²) in [6.45, 7) is 1.45. The Kier molecular flexibility index (Phi) is 4.86. The van der Waals surface area contributed by atoms with Crippen molar-refractivity contribution in [2.45, 2.75) is 49.8 Å². The fourth-order valence-electron chi connectivity index (χ4n) is 3.02. The molecule has 1 aromatic carbocycles. The number of hydrogen-bond donors (Lipinski definition) is 3. The molecule has 7 nitrogen and oxygen atoms in total. The third kappa shape index (κ3) is 3.08. The Morgan fingerprint density at radius 3 is 2.35 bits per heavy atom. The number of hydrogen-bond acceptors (Lipinski definition) is 7. The molecule has 0 aromatic heterocycles. The molecule has 2 aliphatic heterocycles. The van der Waals surface area contributed by atoms with Crippen molar-refractivity contribution in [2.24, 2.45) is 0 Å². The largest absolute Gasteiger partial charge is 0.497 e. The van der Waals surface area contributed by atoms with Crippen LogP contribution in [0, 0.1) is 0 Å². The minimum Gasteiger partial charge on any atom is -0.497 e. The highest BCUT2D eigenvalue weighted by Crippen LogP contribution is 2.37. The second kappa shape index (κ2) is 6.72. The molecule has 1 aromatic rings. The van der Waals surface area contributed by atoms with Crippen LogP contribution in [0.25, 0.3) is 0 Å². The maximum atomic E-state index is 10.2. The zero-order valence-corrected chi connectivity index (χ0v) is 13.0. The first-order valence-corrected chi connectivity index (χ1v) is 7.62. The lowest BCUT2D eigenvalue weighted by Gasteiger charge is -2.48. The normalized spacial score (nSPS) is 40.5. The highest BCUT2D eigenvalue weighted by Gasteiger charge is 2.50. The summed E-state index contributed by atoms with van der Waals surface area (Å²) in [6, 6.07) is 7.38. The summed E-state index contributed by atoms with van der Waals surface area (Å²) in [5.41, 5.74) is 0.878. The van der Waals surface area contributed by atoms with Crippen LogP contribution in [0.4, 0.5) is 0 Å². The molecule has 0 aliphatic carbocycles. The van der Waals surface area contributed by atoms with Crippen LogP contribution in [-0.2, 0) is 14.2 Å². The molecular weight excluding hydrogens is 304 g/mol. The van der Waals surface area contributed by atoms with Crippen LogP contribution in [0.2, 0.25) is 0 Å². The van der Waals surface area contributed by atoms with Crippen molar-refractivity contribution < 1.29 is 34.3 Å². The SMILES string of the molecule is COc1ccc([C@@H]2O[C@H]3[C@H](O[C@H]2C)O[C@H](CO)[C@H](O)[C@@H]3O)cc1. The maximum absolute atomic E-state index is 10.2. The van der Waals surface area contributed by atoms with Crippen molar-refractivity contribution >= 4 is 0 Å². The van der Waals surface area contributed by atoms with Crippen LogP contribution in [0.3, 0.4) is 0 Å². The van der Waals surface area contributed by atoms with Gasteiger partial charge in [-0.1, -0.05) is 12.1 Å². The number of ether oxygens (including phenoxy) is 4. The molecule has 0 saturated carbocycles. The number of aliphatic hydroxyl groups is 3. The van der Waals surface area contributed by atoms with Crippen molar-refractivity contribution in [2.75, 3.05) is 13.7 Å². The lowest BCUT2D eigenvalue weighted by atomic mass is 9.96. The molecule has 0 amide bonds. The van der Waals surface area contributed by atoms with Crippen LogP contribution < -0.4 is 4.74 Å². The molecule has 2 aliphatic rings. The van der Waals surface area contributed by atoms with E-state index >= 15 is 0 Å². The van der Waals surface area contributed by atoms with Gasteiger partial charge in [-0.05, 0) is 24.6 Å². The molecule has 3 N–H and O–H groups in total. The number of benzene rings is 1. The van der Waals surface area contributed by atoms with Crippen molar-refractivity contribution in [3.05, 3.63) is 29.8 Å². The van der Waals surface area contributed by atoms with Crippen molar-refractivity contribution in [1.29, 1.82) is 0 Å². The zero-order chi connectivity index (χ0) is 16.6. The molecule has 0 radical (unpaired) electrons. The van der Waals surface area contributed by atoms with E-state index in [1.54, 1.807) is 7.11 Å². The van der Waals surface area contributed by atoms with Crippen LogP contribution >= 0.6 is 0 Å². The molecule has 2 heterocycles. The van der Waals surface area contributed by atoms with E-state index < -0.39 is 43.4 Å². The van der Waals surface area contributed by atoms with Crippen LogP contribution in [0.5, 0.6) is 5.75 Å². The number of methoxy groups -OCH3 is 1. The molecule has 7 atom stereocenters. The Hall–Kier alpha value is -1.22. The summed E-state index contributed by atoms with van der Waals surface area (Å²) >= 11 is 0. The van der Waals surface area contributed by atoms with Gasteiger partial charge in [0.25, 0.3) is 0 Å². The average molecular weight is 326 g/mol. The smallest absolute Gasteiger partial charge is 0.187 e. The lowest BCUT2D eigenvalue weighted by Crippen LogP contribution is -2.63. The van der Waals surface area contributed by atoms with Gasteiger partial charge in [-0.3, -0.25) is 0 Å². The average Bonchev–Trinajstić information content (AvgIpc) is 2.58. The van der Waals surface area contributed by atoms with Gasteiger partial charge in [0, 0.05) is 0 Å². The van der Waals surface area contributed by atoms with Crippen LogP contribution in [-0.4, -0.2) is 65.8 Å². The van der Waals surface area contributed by atoms with E-state index in [1.165, 1.54) is 0 Å². The summed E-state index contributed by atoms with van der Waals surface area (Å²) in [7, 11) is 1.59. The van der Waals surface area contributed by atoms with Gasteiger partial charge in [-0.15, -0.1) is 0 Å². The van der Waals surface area contributed by atoms with E-state index in [-0.39, 0.29) is 6.10 Å². The molecule has 0 bridgehead atoms. The number of fused-ring (bicyclic) bond motifs is 1. The number of aliphatic hydroxyl groups excluding tert-OH is 3. The van der Waals surface area contributed by atoms with Gasteiger partial charge in [0.15, 0.2) is 6.29 Å². The Labute approximate surface area is 134 Å². The van der Waals surface area contributed by atoms with Gasteiger partial charge in [0.05, 0.1) is 19.8 Å². The lowest BCUT2D eigenvalue weighted by molar-refractivity contribution is -0.366. The molecule has 2 saturated heterocycles. The Morgan fingerprint density at radius 2 is 1.74 bits per heavy atom. The van der Waals surface area contributed by atoms with Gasteiger partial charge in [-0.2, -0.15) is 0 Å². The summed E-state index contributed by atoms with van der Waals surface area (Å²) < 4.78 is 22.4. The first kappa shape index (κ1) is 16.6. The molecule has 0 unspecified atom stereocenters. The molecule has 3 rings (SSSR count). The van der Waals surface area contributed by atoms with Gasteiger partial charge < -0.3 is 34.3 Å². The highest BCUT2D eigenvalue weighted by molar-refractivity contribution is 5.29. The van der Waals surface area contributed by atoms with Crippen molar-refractivity contribution in [3.8, 4) is 5.75 Å². The summed E-state index contributed by atoms with van der Waals surface area (Å²) in [5, 5.41) is 29.4. The van der Waals surface area contributed by atoms with E-state index in [0.717, 1.165) is 11.3 Å². The number of rotatable bonds is 3. The predicted molar refractivity (Wildman–Crippen MR) is 78.9 cm³/mol. The van der Waals surface area contributed by atoms with Crippen molar-refractivity contribution in [1.82, 2.24) is 0 Å². The highest BCUT2D eigenvalue weighted by atomic mass is 16.7. The fraction of sp³-hybridized carbons (Fsp3) is 0.625. The van der Waals surface area contributed by atoms with E-state index in [2.05, 4.69) is 0 Å². The van der Waals surface area contributed by atoms with Gasteiger partial charge in [0.1, 0.15) is 36.3 Å². The minimum atomic E-state index is -1.23. The monoisotopic (exact) mass is 326 g/mol. The summed E-state index contributed by atoms with van der Waals surface area (Å²) in [4.78, 5) is 0. The first-order chi connectivity index (χ1) is 11.0. The van der Waals surface area contributed by atoms with Gasteiger partial charge in [0.2, 0.25) is 0 Å². The van der Waals surface area contributed by atoms with Gasteiger partial charge >= 0.3 is 0 Å². The first-order valence-electron chi connectivity index (χ1n) is 7.62. The maximum Gasteiger partial charge on any atom is 0.187 e. The Morgan fingerprint density at radius 1 is 1.04 bits per heavy atom. The second-order valence-electron chi connectivity index (χ2n) is 5.84. The molecule has 2 fully saturated rings.